The fourth-order valence-electron chi connectivity index (χ4n) is 1.08. The van der Waals surface area contributed by atoms with Crippen LogP contribution in [0.3, 0.4) is 0 Å². The summed E-state index contributed by atoms with van der Waals surface area (Å²) < 4.78 is 0. The topological polar surface area (TPSA) is 20.3 Å². The van der Waals surface area contributed by atoms with E-state index in [9.17, 15) is 4.79 Å². The molecule has 0 fully saturated rings. The first-order chi connectivity index (χ1) is 6.13. The highest BCUT2D eigenvalue weighted by Crippen LogP contribution is 2.05. The molecule has 0 saturated carbocycles. The number of likely N-dealkylation sites (N-methyl/N-ethyl adjacent to an activating group) is 1. The van der Waals surface area contributed by atoms with Gasteiger partial charge in [0.1, 0.15) is 0 Å². The second-order valence-corrected chi connectivity index (χ2v) is 3.37. The van der Waals surface area contributed by atoms with Crippen molar-refractivity contribution in [1.29, 1.82) is 0 Å². The van der Waals surface area contributed by atoms with Crippen molar-refractivity contribution in [3.63, 3.8) is 0 Å². The molecule has 0 aromatic heterocycles. The minimum absolute atomic E-state index is 0. The molecule has 0 bridgehead atoms. The van der Waals surface area contributed by atoms with Crippen LogP contribution >= 0.6 is 12.4 Å². The molecule has 14 heavy (non-hydrogen) atoms. The molecule has 1 rings (SSSR count). The molecule has 1 atom stereocenters. The monoisotopic (exact) mass is 213 g/mol. The first kappa shape index (κ1) is 13.1. The van der Waals surface area contributed by atoms with E-state index in [1.165, 1.54) is 0 Å². The number of benzene rings is 1. The van der Waals surface area contributed by atoms with Gasteiger partial charge in [0.15, 0.2) is 5.78 Å². The number of hydrogen-bond acceptors (Lipinski definition) is 2. The third kappa shape index (κ3) is 3.13. The molecule has 0 heterocycles. The van der Waals surface area contributed by atoms with Crippen molar-refractivity contribution in [3.8, 4) is 0 Å². The van der Waals surface area contributed by atoms with Gasteiger partial charge in [-0.25, -0.2) is 0 Å². The Morgan fingerprint density at radius 3 is 2.14 bits per heavy atom. The quantitative estimate of drug-likeness (QED) is 0.718. The lowest BCUT2D eigenvalue weighted by molar-refractivity contribution is 0.0890. The van der Waals surface area contributed by atoms with E-state index < -0.39 is 0 Å². The second-order valence-electron chi connectivity index (χ2n) is 3.37. The maximum Gasteiger partial charge on any atom is 0.179 e. The second kappa shape index (κ2) is 5.78. The highest BCUT2D eigenvalue weighted by molar-refractivity contribution is 5.99. The zero-order valence-electron chi connectivity index (χ0n) is 8.73. The van der Waals surface area contributed by atoms with E-state index >= 15 is 0 Å². The van der Waals surface area contributed by atoms with Crippen LogP contribution < -0.4 is 0 Å². The van der Waals surface area contributed by atoms with Crippen molar-refractivity contribution in [2.45, 2.75) is 13.0 Å². The lowest BCUT2D eigenvalue weighted by Gasteiger charge is -2.17. The van der Waals surface area contributed by atoms with Crippen LogP contribution in [-0.2, 0) is 0 Å². The lowest BCUT2D eigenvalue weighted by atomic mass is 10.1. The summed E-state index contributed by atoms with van der Waals surface area (Å²) in [6, 6.07) is 9.33. The van der Waals surface area contributed by atoms with Gasteiger partial charge in [-0.2, -0.15) is 0 Å². The van der Waals surface area contributed by atoms with Gasteiger partial charge < -0.3 is 0 Å². The summed E-state index contributed by atoms with van der Waals surface area (Å²) in [5, 5.41) is 0. The predicted molar refractivity (Wildman–Crippen MR) is 61.2 cm³/mol. The van der Waals surface area contributed by atoms with Gasteiger partial charge in [-0.1, -0.05) is 30.3 Å². The van der Waals surface area contributed by atoms with Gasteiger partial charge in [-0.15, -0.1) is 12.4 Å². The summed E-state index contributed by atoms with van der Waals surface area (Å²) in [6.07, 6.45) is 0. The van der Waals surface area contributed by atoms with Gasteiger partial charge in [0, 0.05) is 5.56 Å². The average molecular weight is 214 g/mol. The summed E-state index contributed by atoms with van der Waals surface area (Å²) in [6.45, 7) is 1.91. The van der Waals surface area contributed by atoms with Gasteiger partial charge in [0.2, 0.25) is 0 Å². The number of ketones is 1. The summed E-state index contributed by atoms with van der Waals surface area (Å²) in [5.41, 5.74) is 0.781. The smallest absolute Gasteiger partial charge is 0.179 e. The van der Waals surface area contributed by atoms with Crippen molar-refractivity contribution in [2.75, 3.05) is 14.1 Å². The van der Waals surface area contributed by atoms with E-state index in [0.717, 1.165) is 5.56 Å². The molecule has 0 saturated heterocycles. The molecule has 2 nitrogen and oxygen atoms in total. The normalized spacial score (nSPS) is 12.0. The number of Topliss-reactive ketones (excluding diaryl/α,β-unsaturated/α-hetero) is 1. The molecule has 0 N–H and O–H groups in total. The largest absolute Gasteiger partial charge is 0.300 e. The Bertz CT molecular complexity index is 285. The van der Waals surface area contributed by atoms with E-state index in [-0.39, 0.29) is 24.2 Å². The highest BCUT2D eigenvalue weighted by Gasteiger charge is 2.15. The van der Waals surface area contributed by atoms with Crippen LogP contribution in [0.4, 0.5) is 0 Å². The van der Waals surface area contributed by atoms with Crippen LogP contribution in [0.25, 0.3) is 0 Å². The molecular formula is C11H16ClNO. The Labute approximate surface area is 91.3 Å². The molecule has 0 spiro atoms. The Kier molecular flexibility index (Phi) is 5.43. The van der Waals surface area contributed by atoms with E-state index in [1.54, 1.807) is 0 Å². The first-order valence-corrected chi connectivity index (χ1v) is 4.38. The SMILES string of the molecule is CC(C(=O)c1ccccc1)N(C)C.Cl. The molecule has 78 valence electrons. The minimum Gasteiger partial charge on any atom is -0.300 e. The van der Waals surface area contributed by atoms with E-state index in [4.69, 9.17) is 0 Å². The number of rotatable bonds is 3. The molecule has 1 aromatic rings. The van der Waals surface area contributed by atoms with Crippen LogP contribution in [0.1, 0.15) is 17.3 Å². The van der Waals surface area contributed by atoms with Crippen LogP contribution in [0, 0.1) is 0 Å². The molecule has 0 aliphatic carbocycles. The van der Waals surface area contributed by atoms with Gasteiger partial charge in [-0.3, -0.25) is 9.69 Å². The minimum atomic E-state index is -0.0533. The summed E-state index contributed by atoms with van der Waals surface area (Å²) in [5.74, 6) is 0.172. The molecule has 3 heteroatoms. The van der Waals surface area contributed by atoms with E-state index in [2.05, 4.69) is 0 Å². The van der Waals surface area contributed by atoms with Crippen LogP contribution in [0.15, 0.2) is 30.3 Å². The molecular weight excluding hydrogens is 198 g/mol. The molecule has 0 aliphatic heterocycles. The number of nitrogens with zero attached hydrogens (tertiary/aromatic N) is 1. The van der Waals surface area contributed by atoms with Crippen molar-refractivity contribution in [2.24, 2.45) is 0 Å². The van der Waals surface area contributed by atoms with E-state index in [0.29, 0.717) is 0 Å². The van der Waals surface area contributed by atoms with Crippen molar-refractivity contribution < 1.29 is 4.79 Å². The van der Waals surface area contributed by atoms with Crippen molar-refractivity contribution >= 4 is 18.2 Å². The number of carbonyl (C=O) groups is 1. The standard InChI is InChI=1S/C11H15NO.ClH/c1-9(12(2)3)11(13)10-7-5-4-6-8-10;/h4-9H,1-3H3;1H. The maximum atomic E-state index is 11.7. The number of carbonyl (C=O) groups excluding carboxylic acids is 1. The summed E-state index contributed by atoms with van der Waals surface area (Å²) in [4.78, 5) is 13.7. The van der Waals surface area contributed by atoms with Crippen LogP contribution in [0.2, 0.25) is 0 Å². The van der Waals surface area contributed by atoms with Gasteiger partial charge in [0.25, 0.3) is 0 Å². The van der Waals surface area contributed by atoms with Crippen molar-refractivity contribution in [3.05, 3.63) is 35.9 Å². The molecule has 0 amide bonds. The number of halogens is 1. The van der Waals surface area contributed by atoms with Crippen molar-refractivity contribution in [1.82, 2.24) is 4.90 Å². The third-order valence-corrected chi connectivity index (χ3v) is 2.21. The lowest BCUT2D eigenvalue weighted by Crippen LogP contribution is -2.32. The Balaban J connectivity index is 0.00000169. The van der Waals surface area contributed by atoms with Gasteiger partial charge >= 0.3 is 0 Å². The molecule has 1 unspecified atom stereocenters. The fraction of sp³-hybridized carbons (Fsp3) is 0.364. The van der Waals surface area contributed by atoms with Crippen LogP contribution in [0.5, 0.6) is 0 Å². The Morgan fingerprint density at radius 2 is 1.71 bits per heavy atom. The van der Waals surface area contributed by atoms with Gasteiger partial charge in [-0.05, 0) is 21.0 Å². The summed E-state index contributed by atoms with van der Waals surface area (Å²) >= 11 is 0. The predicted octanol–water partition coefficient (Wildman–Crippen LogP) is 2.24. The van der Waals surface area contributed by atoms with Gasteiger partial charge in [0.05, 0.1) is 6.04 Å². The summed E-state index contributed by atoms with van der Waals surface area (Å²) in [7, 11) is 3.82. The third-order valence-electron chi connectivity index (χ3n) is 2.21. The zero-order valence-corrected chi connectivity index (χ0v) is 9.54. The average Bonchev–Trinajstić information content (AvgIpc) is 2.17. The molecule has 0 aliphatic rings. The first-order valence-electron chi connectivity index (χ1n) is 4.38. The fourth-order valence-corrected chi connectivity index (χ4v) is 1.08. The number of hydrogen-bond donors (Lipinski definition) is 0. The molecule has 0 radical (unpaired) electrons. The maximum absolute atomic E-state index is 11.7. The van der Waals surface area contributed by atoms with E-state index in [1.807, 2.05) is 56.3 Å². The zero-order chi connectivity index (χ0) is 9.84. The Hall–Kier alpha value is -0.860. The molecule has 1 aromatic carbocycles. The van der Waals surface area contributed by atoms with Crippen LogP contribution in [-0.4, -0.2) is 30.8 Å². The highest BCUT2D eigenvalue weighted by atomic mass is 35.5. The Morgan fingerprint density at radius 1 is 1.21 bits per heavy atom.